The first-order valence-electron chi connectivity index (χ1n) is 5.19. The normalized spacial score (nSPS) is 18.2. The smallest absolute Gasteiger partial charge is 0.328 e. The van der Waals surface area contributed by atoms with Crippen LogP contribution in [-0.2, 0) is 9.53 Å². The maximum absolute atomic E-state index is 13.7. The minimum Gasteiger partial charge on any atom is -0.467 e. The predicted molar refractivity (Wildman–Crippen MR) is 60.4 cm³/mol. The van der Waals surface area contributed by atoms with Gasteiger partial charge in [0.2, 0.25) is 0 Å². The third-order valence-electron chi connectivity index (χ3n) is 2.86. The second-order valence-electron chi connectivity index (χ2n) is 3.77. The number of anilines is 1. The Kier molecular flexibility index (Phi) is 2.96. The topological polar surface area (TPSA) is 33.9 Å². The van der Waals surface area contributed by atoms with Gasteiger partial charge in [-0.15, -0.1) is 0 Å². The molecule has 1 aliphatic rings. The highest BCUT2D eigenvalue weighted by molar-refractivity contribution is 5.82. The van der Waals surface area contributed by atoms with Crippen LogP contribution >= 0.6 is 0 Å². The first-order chi connectivity index (χ1) is 8.17. The van der Waals surface area contributed by atoms with E-state index in [-0.39, 0.29) is 11.7 Å². The standard InChI is InChI=1S/C12H11FN2O2/c1-14-8-3-4-10(9(13)7-8)15-6-5-11(15)12(16)17-2/h3-4,7,11H,5-6H2,2H3/t11-/m0/s1. The van der Waals surface area contributed by atoms with Gasteiger partial charge in [-0.05, 0) is 18.6 Å². The predicted octanol–water partition coefficient (Wildman–Crippen LogP) is 2.13. The first-order valence-corrected chi connectivity index (χ1v) is 5.19. The Morgan fingerprint density at radius 1 is 1.65 bits per heavy atom. The molecule has 0 amide bonds. The highest BCUT2D eigenvalue weighted by atomic mass is 19.1. The molecule has 0 spiro atoms. The Bertz CT molecular complexity index is 496. The summed E-state index contributed by atoms with van der Waals surface area (Å²) in [5, 5.41) is 0. The lowest BCUT2D eigenvalue weighted by Crippen LogP contribution is -2.53. The molecule has 0 radical (unpaired) electrons. The summed E-state index contributed by atoms with van der Waals surface area (Å²) in [6.07, 6.45) is 0.663. The number of rotatable bonds is 2. The summed E-state index contributed by atoms with van der Waals surface area (Å²) >= 11 is 0. The molecule has 1 aromatic carbocycles. The van der Waals surface area contributed by atoms with Gasteiger partial charge in [0.05, 0.1) is 19.4 Å². The number of esters is 1. The van der Waals surface area contributed by atoms with E-state index in [2.05, 4.69) is 9.58 Å². The van der Waals surface area contributed by atoms with Crippen LogP contribution < -0.4 is 4.90 Å². The van der Waals surface area contributed by atoms with Gasteiger partial charge in [0.1, 0.15) is 11.9 Å². The molecule has 88 valence electrons. The number of hydrogen-bond acceptors (Lipinski definition) is 3. The van der Waals surface area contributed by atoms with Crippen molar-refractivity contribution < 1.29 is 13.9 Å². The lowest BCUT2D eigenvalue weighted by molar-refractivity contribution is -0.143. The van der Waals surface area contributed by atoms with Crippen molar-refractivity contribution in [1.82, 2.24) is 0 Å². The van der Waals surface area contributed by atoms with Crippen LogP contribution in [0.1, 0.15) is 6.42 Å². The summed E-state index contributed by atoms with van der Waals surface area (Å²) in [4.78, 5) is 16.2. The van der Waals surface area contributed by atoms with Crippen LogP contribution in [0.15, 0.2) is 18.2 Å². The van der Waals surface area contributed by atoms with Gasteiger partial charge in [-0.1, -0.05) is 6.07 Å². The van der Waals surface area contributed by atoms with Crippen molar-refractivity contribution in [2.45, 2.75) is 12.5 Å². The fourth-order valence-electron chi connectivity index (χ4n) is 1.86. The number of methoxy groups -OCH3 is 1. The van der Waals surface area contributed by atoms with Gasteiger partial charge in [-0.2, -0.15) is 0 Å². The third kappa shape index (κ3) is 1.94. The van der Waals surface area contributed by atoms with Crippen LogP contribution in [0.5, 0.6) is 0 Å². The molecule has 0 aromatic heterocycles. The summed E-state index contributed by atoms with van der Waals surface area (Å²) < 4.78 is 18.4. The lowest BCUT2D eigenvalue weighted by atomic mass is 10.0. The van der Waals surface area contributed by atoms with Crippen molar-refractivity contribution in [1.29, 1.82) is 0 Å². The molecule has 0 N–H and O–H groups in total. The van der Waals surface area contributed by atoms with Gasteiger partial charge < -0.3 is 9.64 Å². The molecular weight excluding hydrogens is 223 g/mol. The molecular formula is C12H11FN2O2. The lowest BCUT2D eigenvalue weighted by Gasteiger charge is -2.40. The molecule has 0 bridgehead atoms. The molecule has 0 unspecified atom stereocenters. The number of halogens is 1. The van der Waals surface area contributed by atoms with Crippen molar-refractivity contribution >= 4 is 17.3 Å². The number of carbonyl (C=O) groups excluding carboxylic acids is 1. The average molecular weight is 234 g/mol. The van der Waals surface area contributed by atoms with Crippen LogP contribution in [0.4, 0.5) is 15.8 Å². The summed E-state index contributed by atoms with van der Waals surface area (Å²) in [7, 11) is 1.32. The molecule has 1 aromatic rings. The van der Waals surface area contributed by atoms with Gasteiger partial charge in [0.15, 0.2) is 5.69 Å². The molecule has 17 heavy (non-hydrogen) atoms. The van der Waals surface area contributed by atoms with Gasteiger partial charge in [0, 0.05) is 6.54 Å². The Labute approximate surface area is 98.4 Å². The second-order valence-corrected chi connectivity index (χ2v) is 3.77. The number of ether oxygens (including phenoxy) is 1. The van der Waals surface area contributed by atoms with Crippen LogP contribution in [-0.4, -0.2) is 25.7 Å². The Morgan fingerprint density at radius 2 is 2.41 bits per heavy atom. The van der Waals surface area contributed by atoms with E-state index in [0.29, 0.717) is 18.7 Å². The second kappa shape index (κ2) is 4.42. The van der Waals surface area contributed by atoms with E-state index in [1.165, 1.54) is 25.3 Å². The number of hydrogen-bond donors (Lipinski definition) is 0. The largest absolute Gasteiger partial charge is 0.467 e. The third-order valence-corrected chi connectivity index (χ3v) is 2.86. The molecule has 4 nitrogen and oxygen atoms in total. The summed E-state index contributed by atoms with van der Waals surface area (Å²) in [5.41, 5.74) is 0.598. The van der Waals surface area contributed by atoms with Gasteiger partial charge in [-0.25, -0.2) is 14.0 Å². The van der Waals surface area contributed by atoms with Gasteiger partial charge >= 0.3 is 5.97 Å². The maximum Gasteiger partial charge on any atom is 0.328 e. The van der Waals surface area contributed by atoms with Crippen LogP contribution in [0.2, 0.25) is 0 Å². The SMILES string of the molecule is [C-]#[N+]c1ccc(N2CC[C@H]2C(=O)OC)c(F)c1. The Morgan fingerprint density at radius 3 is 2.88 bits per heavy atom. The summed E-state index contributed by atoms with van der Waals surface area (Å²) in [6, 6.07) is 3.83. The number of benzene rings is 1. The number of nitrogens with zero attached hydrogens (tertiary/aromatic N) is 2. The van der Waals surface area contributed by atoms with E-state index < -0.39 is 11.9 Å². The maximum atomic E-state index is 13.7. The summed E-state index contributed by atoms with van der Waals surface area (Å²) in [5.74, 6) is -0.836. The van der Waals surface area contributed by atoms with Crippen LogP contribution in [0, 0.1) is 12.4 Å². The Balaban J connectivity index is 2.24. The molecule has 2 rings (SSSR count). The van der Waals surface area contributed by atoms with Gasteiger partial charge in [-0.3, -0.25) is 0 Å². The molecule has 1 fully saturated rings. The minimum absolute atomic E-state index is 0.251. The van der Waals surface area contributed by atoms with Crippen molar-refractivity contribution in [2.24, 2.45) is 0 Å². The van der Waals surface area contributed by atoms with Crippen LogP contribution in [0.3, 0.4) is 0 Å². The molecule has 0 aliphatic carbocycles. The van der Waals surface area contributed by atoms with Crippen molar-refractivity contribution in [3.05, 3.63) is 35.4 Å². The molecule has 1 heterocycles. The molecule has 1 atom stereocenters. The molecule has 1 saturated heterocycles. The molecule has 0 saturated carbocycles. The first kappa shape index (κ1) is 11.4. The van der Waals surface area contributed by atoms with Crippen molar-refractivity contribution in [3.63, 3.8) is 0 Å². The quantitative estimate of drug-likeness (QED) is 0.580. The monoisotopic (exact) mass is 234 g/mol. The summed E-state index contributed by atoms with van der Waals surface area (Å²) in [6.45, 7) is 7.40. The Hall–Kier alpha value is -2.09. The van der Waals surface area contributed by atoms with E-state index in [9.17, 15) is 9.18 Å². The van der Waals surface area contributed by atoms with E-state index in [1.807, 2.05) is 0 Å². The number of carbonyl (C=O) groups is 1. The van der Waals surface area contributed by atoms with Gasteiger partial charge in [0.25, 0.3) is 0 Å². The van der Waals surface area contributed by atoms with Crippen molar-refractivity contribution in [2.75, 3.05) is 18.6 Å². The fraction of sp³-hybridized carbons (Fsp3) is 0.333. The van der Waals surface area contributed by atoms with Crippen molar-refractivity contribution in [3.8, 4) is 0 Å². The molecule has 5 heteroatoms. The molecule has 1 aliphatic heterocycles. The van der Waals surface area contributed by atoms with E-state index in [0.717, 1.165) is 0 Å². The minimum atomic E-state index is -0.480. The average Bonchev–Trinajstić information content (AvgIpc) is 2.30. The van der Waals surface area contributed by atoms with Crippen LogP contribution in [0.25, 0.3) is 4.85 Å². The fourth-order valence-corrected chi connectivity index (χ4v) is 1.86. The van der Waals surface area contributed by atoms with E-state index >= 15 is 0 Å². The zero-order chi connectivity index (χ0) is 12.4. The zero-order valence-corrected chi connectivity index (χ0v) is 9.31. The van der Waals surface area contributed by atoms with E-state index in [1.54, 1.807) is 4.90 Å². The zero-order valence-electron chi connectivity index (χ0n) is 9.31. The highest BCUT2D eigenvalue weighted by Gasteiger charge is 2.36. The highest BCUT2D eigenvalue weighted by Crippen LogP contribution is 2.31. The van der Waals surface area contributed by atoms with E-state index in [4.69, 9.17) is 6.57 Å².